The first-order valence-corrected chi connectivity index (χ1v) is 6.91. The Labute approximate surface area is 106 Å². The minimum Gasteiger partial charge on any atom is -0.360 e. The summed E-state index contributed by atoms with van der Waals surface area (Å²) in [7, 11) is 0. The maximum absolute atomic E-state index is 11.9. The van der Waals surface area contributed by atoms with E-state index in [4.69, 9.17) is 0 Å². The fraction of sp³-hybridized carbons (Fsp3) is 0.727. The third-order valence-electron chi connectivity index (χ3n) is 2.41. The number of carbonyl (C=O) groups excluding carboxylic acids is 1. The lowest BCUT2D eigenvalue weighted by atomic mass is 10.1. The number of hydrogen-bond donors (Lipinski definition) is 2. The predicted molar refractivity (Wildman–Crippen MR) is 70.5 cm³/mol. The molecule has 0 bridgehead atoms. The van der Waals surface area contributed by atoms with Gasteiger partial charge in [0.05, 0.1) is 0 Å². The molecule has 0 aliphatic heterocycles. The summed E-state index contributed by atoms with van der Waals surface area (Å²) in [5, 5.41) is 14.9. The number of amides is 1. The van der Waals surface area contributed by atoms with Crippen LogP contribution in [0.4, 0.5) is 5.13 Å². The molecule has 1 rings (SSSR count). The van der Waals surface area contributed by atoms with Crippen molar-refractivity contribution in [2.24, 2.45) is 0 Å². The lowest BCUT2D eigenvalue weighted by Gasteiger charge is -2.14. The number of anilines is 1. The molecule has 0 saturated heterocycles. The van der Waals surface area contributed by atoms with E-state index in [0.29, 0.717) is 10.1 Å². The number of nitrogens with zero attached hydrogens (tertiary/aromatic N) is 2. The number of hydrogen-bond acceptors (Lipinski definition) is 5. The molecule has 0 fully saturated rings. The molecule has 1 amide bonds. The van der Waals surface area contributed by atoms with E-state index in [1.54, 1.807) is 0 Å². The van der Waals surface area contributed by atoms with E-state index in [1.807, 2.05) is 6.92 Å². The van der Waals surface area contributed by atoms with Crippen molar-refractivity contribution in [3.63, 3.8) is 0 Å². The SMILES string of the molecule is CCCC(CC)NC(=O)c1nnc(NCC)s1. The first kappa shape index (κ1) is 13.9. The van der Waals surface area contributed by atoms with Gasteiger partial charge in [-0.3, -0.25) is 4.79 Å². The van der Waals surface area contributed by atoms with Gasteiger partial charge in [-0.1, -0.05) is 31.6 Å². The molecule has 17 heavy (non-hydrogen) atoms. The Morgan fingerprint density at radius 3 is 2.71 bits per heavy atom. The van der Waals surface area contributed by atoms with Gasteiger partial charge in [-0.05, 0) is 19.8 Å². The fourth-order valence-electron chi connectivity index (χ4n) is 1.51. The third kappa shape index (κ3) is 4.30. The first-order chi connectivity index (χ1) is 8.21. The van der Waals surface area contributed by atoms with Crippen LogP contribution in [-0.2, 0) is 0 Å². The van der Waals surface area contributed by atoms with Crippen LogP contribution in [0.25, 0.3) is 0 Å². The molecule has 5 nitrogen and oxygen atoms in total. The van der Waals surface area contributed by atoms with Crippen LogP contribution >= 0.6 is 11.3 Å². The van der Waals surface area contributed by atoms with Gasteiger partial charge < -0.3 is 10.6 Å². The molecule has 1 unspecified atom stereocenters. The average Bonchev–Trinajstić information content (AvgIpc) is 2.77. The largest absolute Gasteiger partial charge is 0.360 e. The number of nitrogens with one attached hydrogen (secondary N) is 2. The van der Waals surface area contributed by atoms with Crippen LogP contribution in [-0.4, -0.2) is 28.7 Å². The van der Waals surface area contributed by atoms with Gasteiger partial charge in [0.2, 0.25) is 10.1 Å². The Bertz CT molecular complexity index is 353. The number of rotatable bonds is 7. The highest BCUT2D eigenvalue weighted by Gasteiger charge is 2.15. The zero-order valence-electron chi connectivity index (χ0n) is 10.6. The van der Waals surface area contributed by atoms with Crippen LogP contribution in [0.15, 0.2) is 0 Å². The molecule has 0 radical (unpaired) electrons. The molecular weight excluding hydrogens is 236 g/mol. The van der Waals surface area contributed by atoms with Gasteiger partial charge in [-0.2, -0.15) is 0 Å². The molecule has 1 atom stereocenters. The second-order valence-corrected chi connectivity index (χ2v) is 4.79. The van der Waals surface area contributed by atoms with E-state index in [1.165, 1.54) is 11.3 Å². The van der Waals surface area contributed by atoms with E-state index < -0.39 is 0 Å². The van der Waals surface area contributed by atoms with Crippen LogP contribution < -0.4 is 10.6 Å². The summed E-state index contributed by atoms with van der Waals surface area (Å²) in [6.45, 7) is 6.95. The number of aromatic nitrogens is 2. The van der Waals surface area contributed by atoms with E-state index in [2.05, 4.69) is 34.7 Å². The van der Waals surface area contributed by atoms with Crippen molar-refractivity contribution in [3.8, 4) is 0 Å². The smallest absolute Gasteiger partial charge is 0.282 e. The van der Waals surface area contributed by atoms with Crippen LogP contribution in [0.2, 0.25) is 0 Å². The summed E-state index contributed by atoms with van der Waals surface area (Å²) in [6.07, 6.45) is 3.01. The van der Waals surface area contributed by atoms with Gasteiger partial charge in [0.15, 0.2) is 0 Å². The van der Waals surface area contributed by atoms with Crippen molar-refractivity contribution >= 4 is 22.4 Å². The first-order valence-electron chi connectivity index (χ1n) is 6.09. The Morgan fingerprint density at radius 2 is 2.12 bits per heavy atom. The van der Waals surface area contributed by atoms with Crippen LogP contribution in [0.1, 0.15) is 49.8 Å². The molecule has 96 valence electrons. The van der Waals surface area contributed by atoms with Gasteiger partial charge >= 0.3 is 0 Å². The van der Waals surface area contributed by atoms with Gasteiger partial charge in [-0.15, -0.1) is 10.2 Å². The Hall–Kier alpha value is -1.17. The van der Waals surface area contributed by atoms with Gasteiger partial charge in [0.25, 0.3) is 5.91 Å². The van der Waals surface area contributed by atoms with Crippen molar-refractivity contribution in [1.82, 2.24) is 15.5 Å². The average molecular weight is 256 g/mol. The normalized spacial score (nSPS) is 12.2. The molecule has 0 aliphatic carbocycles. The van der Waals surface area contributed by atoms with E-state index in [-0.39, 0.29) is 11.9 Å². The maximum Gasteiger partial charge on any atom is 0.282 e. The second-order valence-electron chi connectivity index (χ2n) is 3.81. The Kier molecular flexibility index (Phi) is 5.90. The molecule has 0 spiro atoms. The summed E-state index contributed by atoms with van der Waals surface area (Å²) in [5.41, 5.74) is 0. The minimum atomic E-state index is -0.119. The van der Waals surface area contributed by atoms with E-state index in [0.717, 1.165) is 25.8 Å². The standard InChI is InChI=1S/C11H20N4OS/c1-4-7-8(5-2)13-9(16)10-14-15-11(17-10)12-6-3/h8H,4-7H2,1-3H3,(H,12,15)(H,13,16). The topological polar surface area (TPSA) is 66.9 Å². The Morgan fingerprint density at radius 1 is 1.35 bits per heavy atom. The highest BCUT2D eigenvalue weighted by Crippen LogP contribution is 2.15. The van der Waals surface area contributed by atoms with Crippen molar-refractivity contribution < 1.29 is 4.79 Å². The zero-order chi connectivity index (χ0) is 12.7. The Balaban J connectivity index is 2.55. The number of carbonyl (C=O) groups is 1. The second kappa shape index (κ2) is 7.21. The molecule has 1 aromatic rings. The minimum absolute atomic E-state index is 0.119. The molecule has 6 heteroatoms. The third-order valence-corrected chi connectivity index (χ3v) is 3.29. The summed E-state index contributed by atoms with van der Waals surface area (Å²) < 4.78 is 0. The molecule has 0 aliphatic rings. The molecule has 1 aromatic heterocycles. The van der Waals surface area contributed by atoms with Crippen molar-refractivity contribution in [2.45, 2.75) is 46.1 Å². The summed E-state index contributed by atoms with van der Waals surface area (Å²) in [6, 6.07) is 0.235. The predicted octanol–water partition coefficient (Wildman–Crippen LogP) is 2.28. The van der Waals surface area contributed by atoms with Crippen LogP contribution in [0.5, 0.6) is 0 Å². The summed E-state index contributed by atoms with van der Waals surface area (Å²) >= 11 is 1.29. The van der Waals surface area contributed by atoms with Gasteiger partial charge in [-0.25, -0.2) is 0 Å². The highest BCUT2D eigenvalue weighted by molar-refractivity contribution is 7.17. The quantitative estimate of drug-likeness (QED) is 0.785. The fourth-order valence-corrected chi connectivity index (χ4v) is 2.23. The molecule has 1 heterocycles. The molecule has 2 N–H and O–H groups in total. The van der Waals surface area contributed by atoms with Crippen LogP contribution in [0, 0.1) is 0 Å². The van der Waals surface area contributed by atoms with Crippen molar-refractivity contribution in [2.75, 3.05) is 11.9 Å². The summed E-state index contributed by atoms with van der Waals surface area (Å²) in [5.74, 6) is -0.119. The maximum atomic E-state index is 11.9. The zero-order valence-corrected chi connectivity index (χ0v) is 11.4. The summed E-state index contributed by atoms with van der Waals surface area (Å²) in [4.78, 5) is 11.9. The monoisotopic (exact) mass is 256 g/mol. The molecular formula is C11H20N4OS. The molecule has 0 saturated carbocycles. The highest BCUT2D eigenvalue weighted by atomic mass is 32.1. The van der Waals surface area contributed by atoms with E-state index >= 15 is 0 Å². The van der Waals surface area contributed by atoms with E-state index in [9.17, 15) is 4.79 Å². The van der Waals surface area contributed by atoms with Gasteiger partial charge in [0.1, 0.15) is 0 Å². The van der Waals surface area contributed by atoms with Gasteiger partial charge in [0, 0.05) is 12.6 Å². The van der Waals surface area contributed by atoms with Crippen LogP contribution in [0.3, 0.4) is 0 Å². The lowest BCUT2D eigenvalue weighted by Crippen LogP contribution is -2.34. The van der Waals surface area contributed by atoms with Crippen molar-refractivity contribution in [3.05, 3.63) is 5.01 Å². The lowest BCUT2D eigenvalue weighted by molar-refractivity contribution is 0.0932. The van der Waals surface area contributed by atoms with Crippen molar-refractivity contribution in [1.29, 1.82) is 0 Å². The molecule has 0 aromatic carbocycles.